The molecule has 0 unspecified atom stereocenters. The number of hydrogen-bond acceptors (Lipinski definition) is 3. The minimum Gasteiger partial charge on any atom is -0.469 e. The van der Waals surface area contributed by atoms with Crippen LogP contribution in [0.5, 0.6) is 0 Å². The molecule has 100 valence electrons. The van der Waals surface area contributed by atoms with Crippen LogP contribution in [0.2, 0.25) is 0 Å². The SMILES string of the molecule is C=CCCN1C(=O)CC[C@H]1[C@@H](C=C)CC(=O)OC. The van der Waals surface area contributed by atoms with Crippen molar-refractivity contribution in [2.45, 2.75) is 31.7 Å². The molecule has 1 amide bonds. The van der Waals surface area contributed by atoms with Gasteiger partial charge in [-0.05, 0) is 12.8 Å². The Hall–Kier alpha value is -1.58. The van der Waals surface area contributed by atoms with Crippen molar-refractivity contribution < 1.29 is 14.3 Å². The van der Waals surface area contributed by atoms with E-state index < -0.39 is 0 Å². The maximum absolute atomic E-state index is 11.8. The largest absolute Gasteiger partial charge is 0.469 e. The van der Waals surface area contributed by atoms with Gasteiger partial charge in [-0.3, -0.25) is 9.59 Å². The standard InChI is InChI=1S/C14H21NO3/c1-4-6-9-15-12(7-8-13(15)16)11(5-2)10-14(17)18-3/h4-5,11-12H,1-2,6-10H2,3H3/t11-,12-/m0/s1. The van der Waals surface area contributed by atoms with Crippen LogP contribution in [0.3, 0.4) is 0 Å². The second-order valence-corrected chi connectivity index (χ2v) is 4.45. The summed E-state index contributed by atoms with van der Waals surface area (Å²) >= 11 is 0. The van der Waals surface area contributed by atoms with E-state index in [2.05, 4.69) is 17.9 Å². The normalized spacial score (nSPS) is 20.6. The van der Waals surface area contributed by atoms with Gasteiger partial charge < -0.3 is 9.64 Å². The Bertz CT molecular complexity index is 338. The molecule has 4 heteroatoms. The summed E-state index contributed by atoms with van der Waals surface area (Å²) in [6, 6.07) is 0.0639. The molecule has 0 radical (unpaired) electrons. The summed E-state index contributed by atoms with van der Waals surface area (Å²) in [6.45, 7) is 8.10. The first-order valence-corrected chi connectivity index (χ1v) is 6.23. The van der Waals surface area contributed by atoms with Crippen LogP contribution in [0.4, 0.5) is 0 Å². The van der Waals surface area contributed by atoms with Gasteiger partial charge in [0.2, 0.25) is 5.91 Å². The van der Waals surface area contributed by atoms with Gasteiger partial charge in [0.15, 0.2) is 0 Å². The first-order valence-electron chi connectivity index (χ1n) is 6.23. The third kappa shape index (κ3) is 3.45. The third-order valence-corrected chi connectivity index (χ3v) is 3.38. The molecule has 1 fully saturated rings. The number of esters is 1. The summed E-state index contributed by atoms with van der Waals surface area (Å²) in [5, 5.41) is 0. The van der Waals surface area contributed by atoms with Crippen molar-refractivity contribution in [3.63, 3.8) is 0 Å². The van der Waals surface area contributed by atoms with Gasteiger partial charge in [0.25, 0.3) is 0 Å². The summed E-state index contributed by atoms with van der Waals surface area (Å²) in [7, 11) is 1.37. The Morgan fingerprint density at radius 3 is 2.89 bits per heavy atom. The molecule has 0 aromatic rings. The van der Waals surface area contributed by atoms with Gasteiger partial charge >= 0.3 is 5.97 Å². The number of amides is 1. The average Bonchev–Trinajstić information content (AvgIpc) is 2.74. The Balaban J connectivity index is 2.70. The highest BCUT2D eigenvalue weighted by molar-refractivity contribution is 5.79. The molecule has 0 saturated carbocycles. The molecule has 1 rings (SSSR count). The van der Waals surface area contributed by atoms with Crippen molar-refractivity contribution >= 4 is 11.9 Å². The molecular formula is C14H21NO3. The van der Waals surface area contributed by atoms with E-state index in [-0.39, 0.29) is 30.3 Å². The lowest BCUT2D eigenvalue weighted by molar-refractivity contribution is -0.142. The van der Waals surface area contributed by atoms with Gasteiger partial charge in [-0.1, -0.05) is 12.2 Å². The van der Waals surface area contributed by atoms with Gasteiger partial charge in [0, 0.05) is 24.9 Å². The summed E-state index contributed by atoms with van der Waals surface area (Å²) in [5.41, 5.74) is 0. The Morgan fingerprint density at radius 2 is 2.33 bits per heavy atom. The van der Waals surface area contributed by atoms with Crippen LogP contribution in [-0.4, -0.2) is 36.5 Å². The lowest BCUT2D eigenvalue weighted by Gasteiger charge is -2.29. The number of rotatable bonds is 7. The van der Waals surface area contributed by atoms with Crippen LogP contribution in [-0.2, 0) is 14.3 Å². The van der Waals surface area contributed by atoms with Gasteiger partial charge in [-0.15, -0.1) is 13.2 Å². The number of methoxy groups -OCH3 is 1. The molecule has 18 heavy (non-hydrogen) atoms. The fourth-order valence-corrected chi connectivity index (χ4v) is 2.37. The highest BCUT2D eigenvalue weighted by Gasteiger charge is 2.35. The quantitative estimate of drug-likeness (QED) is 0.513. The summed E-state index contributed by atoms with van der Waals surface area (Å²) in [4.78, 5) is 25.0. The fraction of sp³-hybridized carbons (Fsp3) is 0.571. The van der Waals surface area contributed by atoms with E-state index in [0.717, 1.165) is 12.8 Å². The molecule has 1 aliphatic heterocycles. The smallest absolute Gasteiger partial charge is 0.306 e. The molecule has 0 aromatic heterocycles. The first kappa shape index (κ1) is 14.5. The highest BCUT2D eigenvalue weighted by Crippen LogP contribution is 2.28. The van der Waals surface area contributed by atoms with E-state index in [9.17, 15) is 9.59 Å². The molecule has 0 aliphatic carbocycles. The van der Waals surface area contributed by atoms with Crippen molar-refractivity contribution in [2.75, 3.05) is 13.7 Å². The zero-order chi connectivity index (χ0) is 13.5. The maximum atomic E-state index is 11.8. The zero-order valence-electron chi connectivity index (χ0n) is 10.9. The zero-order valence-corrected chi connectivity index (χ0v) is 10.9. The van der Waals surface area contributed by atoms with Crippen LogP contribution in [0.1, 0.15) is 25.7 Å². The monoisotopic (exact) mass is 251 g/mol. The van der Waals surface area contributed by atoms with E-state index in [1.165, 1.54) is 7.11 Å². The van der Waals surface area contributed by atoms with Gasteiger partial charge in [-0.25, -0.2) is 0 Å². The minimum atomic E-state index is -0.261. The number of carbonyl (C=O) groups excluding carboxylic acids is 2. The predicted octanol–water partition coefficient (Wildman–Crippen LogP) is 1.92. The lowest BCUT2D eigenvalue weighted by atomic mass is 9.94. The van der Waals surface area contributed by atoms with Crippen LogP contribution >= 0.6 is 0 Å². The topological polar surface area (TPSA) is 46.6 Å². The lowest BCUT2D eigenvalue weighted by Crippen LogP contribution is -2.38. The predicted molar refractivity (Wildman–Crippen MR) is 69.9 cm³/mol. The third-order valence-electron chi connectivity index (χ3n) is 3.38. The Labute approximate surface area is 108 Å². The maximum Gasteiger partial charge on any atom is 0.306 e. The van der Waals surface area contributed by atoms with Crippen LogP contribution in [0, 0.1) is 5.92 Å². The second kappa shape index (κ2) is 6.99. The number of likely N-dealkylation sites (tertiary alicyclic amines) is 1. The summed E-state index contributed by atoms with van der Waals surface area (Å²) < 4.78 is 4.68. The molecule has 0 bridgehead atoms. The van der Waals surface area contributed by atoms with Crippen LogP contribution in [0.25, 0.3) is 0 Å². The van der Waals surface area contributed by atoms with E-state index in [1.807, 2.05) is 4.90 Å². The van der Waals surface area contributed by atoms with E-state index in [0.29, 0.717) is 13.0 Å². The van der Waals surface area contributed by atoms with E-state index in [1.54, 1.807) is 12.2 Å². The highest BCUT2D eigenvalue weighted by atomic mass is 16.5. The average molecular weight is 251 g/mol. The number of hydrogen-bond donors (Lipinski definition) is 0. The first-order chi connectivity index (χ1) is 8.63. The van der Waals surface area contributed by atoms with Gasteiger partial charge in [0.1, 0.15) is 0 Å². The van der Waals surface area contributed by atoms with Crippen molar-refractivity contribution in [1.29, 1.82) is 0 Å². The van der Waals surface area contributed by atoms with Gasteiger partial charge in [0.05, 0.1) is 13.5 Å². The number of carbonyl (C=O) groups is 2. The van der Waals surface area contributed by atoms with Crippen molar-refractivity contribution in [3.8, 4) is 0 Å². The molecular weight excluding hydrogens is 230 g/mol. The molecule has 0 aromatic carbocycles. The van der Waals surface area contributed by atoms with Gasteiger partial charge in [-0.2, -0.15) is 0 Å². The van der Waals surface area contributed by atoms with E-state index >= 15 is 0 Å². The molecule has 0 spiro atoms. The molecule has 0 N–H and O–H groups in total. The second-order valence-electron chi connectivity index (χ2n) is 4.45. The van der Waals surface area contributed by atoms with Crippen molar-refractivity contribution in [3.05, 3.63) is 25.3 Å². The van der Waals surface area contributed by atoms with Crippen LogP contribution < -0.4 is 0 Å². The fourth-order valence-electron chi connectivity index (χ4n) is 2.37. The minimum absolute atomic E-state index is 0.0336. The van der Waals surface area contributed by atoms with Crippen LogP contribution in [0.15, 0.2) is 25.3 Å². The summed E-state index contributed by atoms with van der Waals surface area (Å²) in [6.07, 6.45) is 5.93. The van der Waals surface area contributed by atoms with Crippen molar-refractivity contribution in [2.24, 2.45) is 5.92 Å². The molecule has 2 atom stereocenters. The number of ether oxygens (including phenoxy) is 1. The number of nitrogens with zero attached hydrogens (tertiary/aromatic N) is 1. The van der Waals surface area contributed by atoms with Crippen molar-refractivity contribution in [1.82, 2.24) is 4.90 Å². The Kier molecular flexibility index (Phi) is 5.62. The summed E-state index contributed by atoms with van der Waals surface area (Å²) in [5.74, 6) is -0.143. The molecule has 1 saturated heterocycles. The Morgan fingerprint density at radius 1 is 1.61 bits per heavy atom. The molecule has 1 aliphatic rings. The molecule has 4 nitrogen and oxygen atoms in total. The molecule has 1 heterocycles. The van der Waals surface area contributed by atoms with E-state index in [4.69, 9.17) is 0 Å².